The molecule has 0 atom stereocenters. The second kappa shape index (κ2) is 9.48. The first-order valence-electron chi connectivity index (χ1n) is 11.7. The van der Waals surface area contributed by atoms with E-state index in [2.05, 4.69) is 20.9 Å². The van der Waals surface area contributed by atoms with Crippen molar-refractivity contribution in [2.45, 2.75) is 13.0 Å². The number of carbonyl (C=O) groups is 1. The molecule has 0 radical (unpaired) electrons. The zero-order chi connectivity index (χ0) is 24.5. The molecule has 1 aliphatic rings. The Bertz CT molecular complexity index is 1360. The van der Waals surface area contributed by atoms with Crippen LogP contribution < -0.4 is 4.74 Å². The molecule has 8 nitrogen and oxygen atoms in total. The van der Waals surface area contributed by atoms with Crippen LogP contribution in [-0.2, 0) is 13.0 Å². The highest BCUT2D eigenvalue weighted by Crippen LogP contribution is 2.35. The number of nitrogens with zero attached hydrogens (tertiary/aromatic N) is 4. The summed E-state index contributed by atoms with van der Waals surface area (Å²) < 4.78 is 5.74. The van der Waals surface area contributed by atoms with Gasteiger partial charge in [0.1, 0.15) is 11.3 Å². The first-order chi connectivity index (χ1) is 17.0. The maximum absolute atomic E-state index is 12.2. The van der Waals surface area contributed by atoms with Crippen molar-refractivity contribution in [3.05, 3.63) is 65.5 Å². The quantitative estimate of drug-likeness (QED) is 0.448. The highest BCUT2D eigenvalue weighted by Gasteiger charge is 2.21. The van der Waals surface area contributed by atoms with Crippen LogP contribution in [0.4, 0.5) is 0 Å². The molecule has 5 rings (SSSR count). The zero-order valence-electron chi connectivity index (χ0n) is 20.2. The lowest BCUT2D eigenvalue weighted by atomic mass is 9.95. The van der Waals surface area contributed by atoms with E-state index in [4.69, 9.17) is 9.72 Å². The van der Waals surface area contributed by atoms with Gasteiger partial charge in [0.2, 0.25) is 0 Å². The number of hydrogen-bond donors (Lipinski definition) is 2. The minimum Gasteiger partial charge on any atom is -0.496 e. The van der Waals surface area contributed by atoms with Crippen LogP contribution in [0.1, 0.15) is 21.5 Å². The van der Waals surface area contributed by atoms with Crippen molar-refractivity contribution >= 4 is 17.1 Å². The molecule has 0 saturated heterocycles. The Hall–Kier alpha value is -3.75. The molecule has 0 fully saturated rings. The number of carbonyl (C=O) groups excluding carboxylic acids is 1. The Morgan fingerprint density at radius 1 is 1.20 bits per heavy atom. The third kappa shape index (κ3) is 4.38. The molecule has 35 heavy (non-hydrogen) atoms. The van der Waals surface area contributed by atoms with Gasteiger partial charge in [-0.15, -0.1) is 0 Å². The molecule has 4 aromatic rings. The number of fused-ring (bicyclic) bond motifs is 2. The Balaban J connectivity index is 1.51. The average Bonchev–Trinajstić information content (AvgIpc) is 3.31. The monoisotopic (exact) mass is 471 g/mol. The van der Waals surface area contributed by atoms with Crippen molar-refractivity contribution < 1.29 is 14.6 Å². The lowest BCUT2D eigenvalue weighted by Crippen LogP contribution is -2.33. The Morgan fingerprint density at radius 3 is 2.71 bits per heavy atom. The molecule has 2 N–H and O–H groups in total. The van der Waals surface area contributed by atoms with Crippen LogP contribution >= 0.6 is 0 Å². The molecule has 0 saturated carbocycles. The summed E-state index contributed by atoms with van der Waals surface area (Å²) in [5.74, 6) is 0.802. The fourth-order valence-electron chi connectivity index (χ4n) is 4.65. The Labute approximate surface area is 204 Å². The number of aliphatic hydroxyl groups excluding tert-OH is 1. The number of benzene rings is 2. The van der Waals surface area contributed by atoms with Crippen LogP contribution in [0.25, 0.3) is 33.5 Å². The predicted molar refractivity (Wildman–Crippen MR) is 135 cm³/mol. The number of methoxy groups -OCH3 is 1. The summed E-state index contributed by atoms with van der Waals surface area (Å²) in [6.45, 7) is 2.48. The van der Waals surface area contributed by atoms with E-state index in [1.165, 1.54) is 11.1 Å². The van der Waals surface area contributed by atoms with Crippen molar-refractivity contribution in [2.75, 3.05) is 40.9 Å². The summed E-state index contributed by atoms with van der Waals surface area (Å²) in [6.07, 6.45) is 4.58. The minimum absolute atomic E-state index is 0.0293. The van der Waals surface area contributed by atoms with Crippen molar-refractivity contribution in [1.82, 2.24) is 24.8 Å². The van der Waals surface area contributed by atoms with Crippen LogP contribution in [0.3, 0.4) is 0 Å². The minimum atomic E-state index is -0.0293. The Morgan fingerprint density at radius 2 is 2.00 bits per heavy atom. The van der Waals surface area contributed by atoms with Gasteiger partial charge >= 0.3 is 0 Å². The number of H-pyrrole nitrogens is 1. The van der Waals surface area contributed by atoms with Gasteiger partial charge in [0, 0.05) is 62.2 Å². The van der Waals surface area contributed by atoms with E-state index in [0.717, 1.165) is 53.2 Å². The number of β-amino-alcohol motifs (C(OH)–C–C–N with tert-alkyl or cyclic N) is 1. The van der Waals surface area contributed by atoms with Gasteiger partial charge in [-0.2, -0.15) is 0 Å². The van der Waals surface area contributed by atoms with Gasteiger partial charge in [-0.25, -0.2) is 9.97 Å². The van der Waals surface area contributed by atoms with Crippen LogP contribution in [0, 0.1) is 0 Å². The third-order valence-electron chi connectivity index (χ3n) is 6.54. The summed E-state index contributed by atoms with van der Waals surface area (Å²) in [5.41, 5.74) is 8.17. The van der Waals surface area contributed by atoms with Crippen LogP contribution in [0.15, 0.2) is 48.8 Å². The highest BCUT2D eigenvalue weighted by atomic mass is 16.5. The van der Waals surface area contributed by atoms with Crippen LogP contribution in [0.2, 0.25) is 0 Å². The van der Waals surface area contributed by atoms with Crippen molar-refractivity contribution in [1.29, 1.82) is 0 Å². The van der Waals surface area contributed by atoms with Gasteiger partial charge in [-0.3, -0.25) is 9.69 Å². The number of aromatic amines is 1. The van der Waals surface area contributed by atoms with Gasteiger partial charge in [-0.1, -0.05) is 12.1 Å². The molecule has 1 amide bonds. The van der Waals surface area contributed by atoms with Crippen LogP contribution in [0.5, 0.6) is 5.75 Å². The molecule has 0 aliphatic carbocycles. The smallest absolute Gasteiger partial charge is 0.253 e. The summed E-state index contributed by atoms with van der Waals surface area (Å²) in [4.78, 5) is 28.8. The number of aromatic nitrogens is 3. The van der Waals surface area contributed by atoms with E-state index in [1.807, 2.05) is 36.5 Å². The summed E-state index contributed by atoms with van der Waals surface area (Å²) in [5, 5.41) is 9.31. The lowest BCUT2D eigenvalue weighted by Gasteiger charge is -2.29. The van der Waals surface area contributed by atoms with Crippen molar-refractivity contribution in [2.24, 2.45) is 0 Å². The fourth-order valence-corrected chi connectivity index (χ4v) is 4.65. The maximum Gasteiger partial charge on any atom is 0.253 e. The molecule has 180 valence electrons. The van der Waals surface area contributed by atoms with Gasteiger partial charge in [-0.05, 0) is 41.8 Å². The highest BCUT2D eigenvalue weighted by molar-refractivity contribution is 5.96. The number of amides is 1. The van der Waals surface area contributed by atoms with Crippen LogP contribution in [-0.4, -0.2) is 76.7 Å². The normalized spacial score (nSPS) is 13.6. The number of hydrogen-bond acceptors (Lipinski definition) is 6. The molecule has 0 spiro atoms. The second-order valence-electron chi connectivity index (χ2n) is 9.00. The predicted octanol–water partition coefficient (Wildman–Crippen LogP) is 3.35. The molecular weight excluding hydrogens is 442 g/mol. The first kappa shape index (κ1) is 23.0. The molecule has 2 aromatic carbocycles. The van der Waals surface area contributed by atoms with E-state index < -0.39 is 0 Å². The van der Waals surface area contributed by atoms with E-state index in [1.54, 1.807) is 32.3 Å². The number of aliphatic hydroxyl groups is 1. The summed E-state index contributed by atoms with van der Waals surface area (Å²) in [7, 11) is 5.18. The molecule has 0 unspecified atom stereocenters. The van der Waals surface area contributed by atoms with E-state index in [0.29, 0.717) is 17.8 Å². The second-order valence-corrected chi connectivity index (χ2v) is 9.00. The topological polar surface area (TPSA) is 94.6 Å². The fraction of sp³-hybridized carbons (Fsp3) is 0.296. The van der Waals surface area contributed by atoms with Gasteiger partial charge in [0.05, 0.1) is 25.6 Å². The van der Waals surface area contributed by atoms with Gasteiger partial charge in [0.25, 0.3) is 5.91 Å². The van der Waals surface area contributed by atoms with E-state index >= 15 is 0 Å². The molecule has 8 heteroatoms. The average molecular weight is 472 g/mol. The standard InChI is InChI=1S/C27H29N5O3/c1-31(2)27(34)18-6-4-17(5-7-18)21-14-28-26-25(21)30-23(15-29-26)20-12-19-8-9-32(10-11-33)16-22(19)24(13-20)35-3/h4-7,12-15,33H,8-11,16H2,1-3H3,(H,28,29). The first-order valence-corrected chi connectivity index (χ1v) is 11.7. The zero-order valence-corrected chi connectivity index (χ0v) is 20.2. The van der Waals surface area contributed by atoms with Crippen molar-refractivity contribution in [3.8, 4) is 28.1 Å². The van der Waals surface area contributed by atoms with E-state index in [-0.39, 0.29) is 12.5 Å². The molecule has 2 aromatic heterocycles. The maximum atomic E-state index is 12.2. The number of ether oxygens (including phenoxy) is 1. The SMILES string of the molecule is COc1cc(-c2cnc3[nH]cc(-c4ccc(C(=O)N(C)C)cc4)c3n2)cc2c1CN(CCO)CC2. The van der Waals surface area contributed by atoms with Gasteiger partial charge in [0.15, 0.2) is 5.65 Å². The van der Waals surface area contributed by atoms with Gasteiger partial charge < -0.3 is 19.7 Å². The largest absolute Gasteiger partial charge is 0.496 e. The number of rotatable bonds is 6. The lowest BCUT2D eigenvalue weighted by molar-refractivity contribution is 0.0827. The van der Waals surface area contributed by atoms with Crippen molar-refractivity contribution in [3.63, 3.8) is 0 Å². The third-order valence-corrected chi connectivity index (χ3v) is 6.54. The molecule has 1 aliphatic heterocycles. The van der Waals surface area contributed by atoms with E-state index in [9.17, 15) is 9.90 Å². The summed E-state index contributed by atoms with van der Waals surface area (Å²) >= 11 is 0. The number of nitrogens with one attached hydrogen (secondary N) is 1. The molecule has 0 bridgehead atoms. The molecule has 3 heterocycles. The Kier molecular flexibility index (Phi) is 6.23. The molecular formula is C27H29N5O3. The summed E-state index contributed by atoms with van der Waals surface area (Å²) in [6, 6.07) is 11.7.